The molecule has 0 bridgehead atoms. The molecular weight excluding hydrogens is 272 g/mol. The van der Waals surface area contributed by atoms with Crippen LogP contribution in [0, 0.1) is 28.1 Å². The smallest absolute Gasteiger partial charge is 0.309 e. The van der Waals surface area contributed by atoms with E-state index in [4.69, 9.17) is 0 Å². The number of carbonyl (C=O) groups is 1. The summed E-state index contributed by atoms with van der Waals surface area (Å²) in [4.78, 5) is 12.0. The van der Waals surface area contributed by atoms with E-state index < -0.39 is 11.4 Å². The maximum Gasteiger partial charge on any atom is 0.309 e. The summed E-state index contributed by atoms with van der Waals surface area (Å²) in [7, 11) is 0. The van der Waals surface area contributed by atoms with Gasteiger partial charge in [-0.05, 0) is 62.7 Å². The van der Waals surface area contributed by atoms with Crippen LogP contribution < -0.4 is 0 Å². The van der Waals surface area contributed by atoms with Crippen LogP contribution in [0.5, 0.6) is 0 Å². The van der Waals surface area contributed by atoms with Gasteiger partial charge >= 0.3 is 5.97 Å². The molecule has 0 radical (unpaired) electrons. The summed E-state index contributed by atoms with van der Waals surface area (Å²) in [6.45, 7) is 10.7. The molecule has 0 unspecified atom stereocenters. The summed E-state index contributed by atoms with van der Waals surface area (Å²) < 4.78 is 0. The second-order valence-corrected chi connectivity index (χ2v) is 8.69. The SMILES string of the molecule is C=C[C@]1(C)C=C2CC[C@H]3[C@](C)(CCC[C@@]3(C)C(=O)O)[C@@H]2CC1. The number of hydrogen-bond donors (Lipinski definition) is 1. The topological polar surface area (TPSA) is 37.3 Å². The van der Waals surface area contributed by atoms with Crippen LogP contribution in [0.25, 0.3) is 0 Å². The van der Waals surface area contributed by atoms with E-state index in [0.29, 0.717) is 11.8 Å². The molecule has 0 heterocycles. The van der Waals surface area contributed by atoms with Crippen molar-refractivity contribution in [1.82, 2.24) is 0 Å². The summed E-state index contributed by atoms with van der Waals surface area (Å²) in [5.74, 6) is 0.322. The van der Waals surface area contributed by atoms with Gasteiger partial charge in [0.25, 0.3) is 0 Å². The third-order valence-electron chi connectivity index (χ3n) is 7.38. The van der Waals surface area contributed by atoms with Crippen LogP contribution in [0.15, 0.2) is 24.3 Å². The quantitative estimate of drug-likeness (QED) is 0.711. The molecule has 2 nitrogen and oxygen atoms in total. The molecule has 0 aromatic heterocycles. The second kappa shape index (κ2) is 4.97. The molecule has 2 saturated carbocycles. The Kier molecular flexibility index (Phi) is 3.58. The highest BCUT2D eigenvalue weighted by molar-refractivity contribution is 5.75. The Morgan fingerprint density at radius 1 is 1.27 bits per heavy atom. The predicted molar refractivity (Wildman–Crippen MR) is 89.5 cm³/mol. The van der Waals surface area contributed by atoms with Crippen molar-refractivity contribution < 1.29 is 9.90 Å². The molecule has 0 aliphatic heterocycles. The zero-order valence-corrected chi connectivity index (χ0v) is 14.3. The average molecular weight is 302 g/mol. The van der Waals surface area contributed by atoms with Gasteiger partial charge in [0.15, 0.2) is 0 Å². The van der Waals surface area contributed by atoms with Crippen LogP contribution in [0.1, 0.15) is 65.7 Å². The molecule has 2 fully saturated rings. The average Bonchev–Trinajstić information content (AvgIpc) is 2.46. The first-order valence-corrected chi connectivity index (χ1v) is 8.84. The molecule has 2 heteroatoms. The van der Waals surface area contributed by atoms with Crippen molar-refractivity contribution in [3.63, 3.8) is 0 Å². The van der Waals surface area contributed by atoms with Crippen LogP contribution in [0.2, 0.25) is 0 Å². The van der Waals surface area contributed by atoms with Gasteiger partial charge < -0.3 is 5.11 Å². The van der Waals surface area contributed by atoms with Crippen molar-refractivity contribution in [2.75, 3.05) is 0 Å². The zero-order chi connectivity index (χ0) is 16.2. The first kappa shape index (κ1) is 15.8. The number of carboxylic acid groups (broad SMARTS) is 1. The van der Waals surface area contributed by atoms with E-state index in [0.717, 1.165) is 32.1 Å². The van der Waals surface area contributed by atoms with Gasteiger partial charge in [0.2, 0.25) is 0 Å². The fourth-order valence-corrected chi connectivity index (χ4v) is 5.94. The molecular formula is C20H30O2. The first-order chi connectivity index (χ1) is 10.3. The van der Waals surface area contributed by atoms with Crippen LogP contribution in [0.4, 0.5) is 0 Å². The Hall–Kier alpha value is -1.05. The first-order valence-electron chi connectivity index (χ1n) is 8.84. The molecule has 3 aliphatic carbocycles. The Labute approximate surface area is 134 Å². The lowest BCUT2D eigenvalue weighted by Gasteiger charge is -2.59. The molecule has 122 valence electrons. The molecule has 3 rings (SSSR count). The summed E-state index contributed by atoms with van der Waals surface area (Å²) in [5.41, 5.74) is 1.36. The van der Waals surface area contributed by atoms with Crippen molar-refractivity contribution in [2.45, 2.75) is 65.7 Å². The van der Waals surface area contributed by atoms with E-state index in [9.17, 15) is 9.90 Å². The number of aliphatic carboxylic acids is 1. The van der Waals surface area contributed by atoms with E-state index in [1.54, 1.807) is 5.57 Å². The van der Waals surface area contributed by atoms with Gasteiger partial charge in [0.05, 0.1) is 5.41 Å². The highest BCUT2D eigenvalue weighted by Crippen LogP contribution is 2.63. The van der Waals surface area contributed by atoms with E-state index in [1.165, 1.54) is 12.8 Å². The van der Waals surface area contributed by atoms with E-state index in [-0.39, 0.29) is 10.8 Å². The summed E-state index contributed by atoms with van der Waals surface area (Å²) >= 11 is 0. The normalized spacial score (nSPS) is 47.9. The molecule has 0 aromatic carbocycles. The van der Waals surface area contributed by atoms with Crippen LogP contribution in [0.3, 0.4) is 0 Å². The highest BCUT2D eigenvalue weighted by atomic mass is 16.4. The molecule has 3 aliphatic rings. The van der Waals surface area contributed by atoms with Gasteiger partial charge in [0, 0.05) is 5.41 Å². The lowest BCUT2D eigenvalue weighted by Crippen LogP contribution is -2.54. The Balaban J connectivity index is 1.99. The third kappa shape index (κ3) is 2.10. The van der Waals surface area contributed by atoms with Crippen molar-refractivity contribution in [3.8, 4) is 0 Å². The third-order valence-corrected chi connectivity index (χ3v) is 7.38. The van der Waals surface area contributed by atoms with Crippen molar-refractivity contribution in [1.29, 1.82) is 0 Å². The van der Waals surface area contributed by atoms with Crippen molar-refractivity contribution in [3.05, 3.63) is 24.3 Å². The van der Waals surface area contributed by atoms with Gasteiger partial charge in [-0.15, -0.1) is 6.58 Å². The monoisotopic (exact) mass is 302 g/mol. The van der Waals surface area contributed by atoms with Gasteiger partial charge in [-0.1, -0.05) is 38.0 Å². The van der Waals surface area contributed by atoms with Crippen LogP contribution in [-0.2, 0) is 4.79 Å². The maximum absolute atomic E-state index is 12.0. The number of hydrogen-bond acceptors (Lipinski definition) is 1. The number of carboxylic acids is 1. The molecule has 22 heavy (non-hydrogen) atoms. The highest BCUT2D eigenvalue weighted by Gasteiger charge is 2.58. The van der Waals surface area contributed by atoms with Gasteiger partial charge in [-0.2, -0.15) is 0 Å². The summed E-state index contributed by atoms with van der Waals surface area (Å²) in [6.07, 6.45) is 12.1. The maximum atomic E-state index is 12.0. The van der Waals surface area contributed by atoms with Crippen molar-refractivity contribution in [2.24, 2.45) is 28.1 Å². The lowest BCUT2D eigenvalue weighted by molar-refractivity contribution is -0.164. The Morgan fingerprint density at radius 3 is 2.64 bits per heavy atom. The van der Waals surface area contributed by atoms with E-state index in [2.05, 4.69) is 32.6 Å². The standard InChI is InChI=1S/C20H30O2/c1-5-18(2)12-9-15-14(13-18)7-8-16-19(15,3)10-6-11-20(16,4)17(21)22/h5,13,15-16H,1,6-12H2,2-4H3,(H,21,22)/t15-,16+,18+,19-,20-/m1/s1. The van der Waals surface area contributed by atoms with E-state index in [1.807, 2.05) is 6.92 Å². The molecule has 0 aromatic rings. The second-order valence-electron chi connectivity index (χ2n) is 8.69. The van der Waals surface area contributed by atoms with Gasteiger partial charge in [0.1, 0.15) is 0 Å². The number of fused-ring (bicyclic) bond motifs is 3. The van der Waals surface area contributed by atoms with Crippen LogP contribution in [-0.4, -0.2) is 11.1 Å². The van der Waals surface area contributed by atoms with Gasteiger partial charge in [-0.3, -0.25) is 4.79 Å². The minimum Gasteiger partial charge on any atom is -0.481 e. The fraction of sp³-hybridized carbons (Fsp3) is 0.750. The Bertz CT molecular complexity index is 534. The summed E-state index contributed by atoms with van der Waals surface area (Å²) in [5, 5.41) is 9.84. The lowest BCUT2D eigenvalue weighted by atomic mass is 9.45. The summed E-state index contributed by atoms with van der Waals surface area (Å²) in [6, 6.07) is 0. The molecule has 1 N–H and O–H groups in total. The molecule has 0 amide bonds. The van der Waals surface area contributed by atoms with Gasteiger partial charge in [-0.25, -0.2) is 0 Å². The predicted octanol–water partition coefficient (Wildman–Crippen LogP) is 5.21. The van der Waals surface area contributed by atoms with Crippen LogP contribution >= 0.6 is 0 Å². The largest absolute Gasteiger partial charge is 0.481 e. The number of allylic oxidation sites excluding steroid dienone is 3. The fourth-order valence-electron chi connectivity index (χ4n) is 5.94. The number of rotatable bonds is 2. The van der Waals surface area contributed by atoms with E-state index >= 15 is 0 Å². The zero-order valence-electron chi connectivity index (χ0n) is 14.3. The minimum absolute atomic E-state index is 0.139. The van der Waals surface area contributed by atoms with Crippen molar-refractivity contribution >= 4 is 5.97 Å². The molecule has 0 spiro atoms. The Morgan fingerprint density at radius 2 is 2.00 bits per heavy atom. The minimum atomic E-state index is -0.581. The molecule has 0 saturated heterocycles. The molecule has 5 atom stereocenters.